The van der Waals surface area contributed by atoms with Gasteiger partial charge in [0.25, 0.3) is 0 Å². The molecule has 1 N–H and O–H groups in total. The van der Waals surface area contributed by atoms with Crippen molar-refractivity contribution in [2.24, 2.45) is 5.92 Å². The van der Waals surface area contributed by atoms with Crippen LogP contribution in [0, 0.1) is 5.92 Å². The number of aromatic hydroxyl groups is 1. The van der Waals surface area contributed by atoms with Crippen LogP contribution in [-0.2, 0) is 17.8 Å². The van der Waals surface area contributed by atoms with Crippen LogP contribution in [0.1, 0.15) is 30.5 Å². The summed E-state index contributed by atoms with van der Waals surface area (Å²) in [5.41, 5.74) is 4.13. The van der Waals surface area contributed by atoms with E-state index in [0.29, 0.717) is 18.7 Å². The Morgan fingerprint density at radius 2 is 1.96 bits per heavy atom. The van der Waals surface area contributed by atoms with Crippen LogP contribution in [-0.4, -0.2) is 20.4 Å². The average Bonchev–Trinajstić information content (AvgIpc) is 3.23. The molecule has 26 heavy (non-hydrogen) atoms. The van der Waals surface area contributed by atoms with Gasteiger partial charge in [0.2, 0.25) is 0 Å². The number of Topliss-reactive ketones (excluding diaryl/α,β-unsaturated/α-hetero) is 1. The molecule has 1 heterocycles. The molecular weight excluding hydrogens is 324 g/mol. The summed E-state index contributed by atoms with van der Waals surface area (Å²) < 4.78 is 2.11. The van der Waals surface area contributed by atoms with Crippen LogP contribution < -0.4 is 0 Å². The summed E-state index contributed by atoms with van der Waals surface area (Å²) >= 11 is 0. The second-order valence-corrected chi connectivity index (χ2v) is 6.96. The van der Waals surface area contributed by atoms with E-state index in [4.69, 9.17) is 0 Å². The third-order valence-corrected chi connectivity index (χ3v) is 5.13. The molecule has 1 fully saturated rings. The van der Waals surface area contributed by atoms with Gasteiger partial charge >= 0.3 is 0 Å². The number of carbonyl (C=O) groups excluding carboxylic acids is 1. The Morgan fingerprint density at radius 1 is 1.12 bits per heavy atom. The number of ketones is 1. The Morgan fingerprint density at radius 3 is 2.69 bits per heavy atom. The first-order valence-electron chi connectivity index (χ1n) is 9.11. The molecule has 0 aliphatic heterocycles. The van der Waals surface area contributed by atoms with E-state index in [1.54, 1.807) is 12.1 Å². The molecule has 1 aliphatic carbocycles. The summed E-state index contributed by atoms with van der Waals surface area (Å²) in [7, 11) is 0. The Hall–Kier alpha value is -2.88. The maximum absolute atomic E-state index is 12.2. The van der Waals surface area contributed by atoms with Crippen LogP contribution in [0.3, 0.4) is 0 Å². The maximum Gasteiger partial charge on any atom is 0.136 e. The van der Waals surface area contributed by atoms with Gasteiger partial charge in [-0.15, -0.1) is 0 Å². The van der Waals surface area contributed by atoms with Gasteiger partial charge in [-0.05, 0) is 37.0 Å². The van der Waals surface area contributed by atoms with Crippen LogP contribution in [0.15, 0.2) is 60.9 Å². The highest BCUT2D eigenvalue weighted by Gasteiger charge is 2.27. The number of rotatable bonds is 5. The van der Waals surface area contributed by atoms with Crippen molar-refractivity contribution in [1.29, 1.82) is 0 Å². The topological polar surface area (TPSA) is 55.1 Å². The Bertz CT molecular complexity index is 915. The standard InChI is InChI=1S/C22H22N2O2/c25-19-10-4-6-16(12-19)14-24-15-23-22(17-7-2-1-3-8-17)20(24)13-18-9-5-11-21(18)26/h1-4,6-8,10,12,15,18,25H,5,9,11,13-14H2. The minimum Gasteiger partial charge on any atom is -0.508 e. The summed E-state index contributed by atoms with van der Waals surface area (Å²) in [5.74, 6) is 0.727. The van der Waals surface area contributed by atoms with Crippen LogP contribution >= 0.6 is 0 Å². The highest BCUT2D eigenvalue weighted by molar-refractivity contribution is 5.83. The molecule has 132 valence electrons. The van der Waals surface area contributed by atoms with Crippen molar-refractivity contribution >= 4 is 5.78 Å². The Kier molecular flexibility index (Phi) is 4.57. The predicted molar refractivity (Wildman–Crippen MR) is 101 cm³/mol. The van der Waals surface area contributed by atoms with Gasteiger partial charge in [-0.2, -0.15) is 0 Å². The number of phenolic OH excluding ortho intramolecular Hbond substituents is 1. The SMILES string of the molecule is O=C1CCCC1Cc1c(-c2ccccc2)ncn1Cc1cccc(O)c1. The van der Waals surface area contributed by atoms with Crippen molar-refractivity contribution in [2.45, 2.75) is 32.2 Å². The first kappa shape index (κ1) is 16.6. The lowest BCUT2D eigenvalue weighted by atomic mass is 9.97. The van der Waals surface area contributed by atoms with Crippen molar-refractivity contribution in [3.05, 3.63) is 72.2 Å². The minimum absolute atomic E-state index is 0.0945. The molecule has 1 unspecified atom stereocenters. The van der Waals surface area contributed by atoms with Crippen molar-refractivity contribution < 1.29 is 9.90 Å². The molecule has 4 nitrogen and oxygen atoms in total. The van der Waals surface area contributed by atoms with Gasteiger partial charge in [-0.25, -0.2) is 4.98 Å². The quantitative estimate of drug-likeness (QED) is 0.753. The molecule has 0 amide bonds. The van der Waals surface area contributed by atoms with E-state index < -0.39 is 0 Å². The zero-order valence-electron chi connectivity index (χ0n) is 14.6. The first-order valence-corrected chi connectivity index (χ1v) is 9.11. The summed E-state index contributed by atoms with van der Waals surface area (Å²) in [6, 6.07) is 17.4. The smallest absolute Gasteiger partial charge is 0.136 e. The highest BCUT2D eigenvalue weighted by Crippen LogP contribution is 2.30. The maximum atomic E-state index is 12.2. The number of aromatic nitrogens is 2. The van der Waals surface area contributed by atoms with Gasteiger partial charge in [0.15, 0.2) is 0 Å². The van der Waals surface area contributed by atoms with Gasteiger partial charge in [-0.3, -0.25) is 4.79 Å². The van der Waals surface area contributed by atoms with Crippen LogP contribution in [0.25, 0.3) is 11.3 Å². The second-order valence-electron chi connectivity index (χ2n) is 6.96. The second kappa shape index (κ2) is 7.16. The predicted octanol–water partition coefficient (Wildman–Crippen LogP) is 4.22. The normalized spacial score (nSPS) is 16.9. The molecule has 0 bridgehead atoms. The number of nitrogens with zero attached hydrogens (tertiary/aromatic N) is 2. The van der Waals surface area contributed by atoms with E-state index in [9.17, 15) is 9.90 Å². The van der Waals surface area contributed by atoms with Crippen LogP contribution in [0.2, 0.25) is 0 Å². The number of imidazole rings is 1. The molecule has 1 aliphatic rings. The molecule has 4 heteroatoms. The van der Waals surface area contributed by atoms with Gasteiger partial charge in [0.1, 0.15) is 11.5 Å². The van der Waals surface area contributed by atoms with Gasteiger partial charge in [-0.1, -0.05) is 42.5 Å². The molecule has 0 radical (unpaired) electrons. The molecular formula is C22H22N2O2. The average molecular weight is 346 g/mol. The fourth-order valence-electron chi connectivity index (χ4n) is 3.78. The highest BCUT2D eigenvalue weighted by atomic mass is 16.3. The lowest BCUT2D eigenvalue weighted by Gasteiger charge is -2.14. The Labute approximate surface area is 153 Å². The van der Waals surface area contributed by atoms with E-state index >= 15 is 0 Å². The number of hydrogen-bond donors (Lipinski definition) is 1. The van der Waals surface area contributed by atoms with Crippen molar-refractivity contribution in [3.8, 4) is 17.0 Å². The van der Waals surface area contributed by atoms with E-state index in [1.807, 2.05) is 36.7 Å². The summed E-state index contributed by atoms with van der Waals surface area (Å²) in [5, 5.41) is 9.74. The molecule has 0 saturated heterocycles. The zero-order valence-corrected chi connectivity index (χ0v) is 14.6. The van der Waals surface area contributed by atoms with Gasteiger partial charge in [0.05, 0.1) is 12.0 Å². The molecule has 1 saturated carbocycles. The van der Waals surface area contributed by atoms with Crippen molar-refractivity contribution in [2.75, 3.05) is 0 Å². The van der Waals surface area contributed by atoms with E-state index in [2.05, 4.69) is 21.7 Å². The molecule has 4 rings (SSSR count). The van der Waals surface area contributed by atoms with E-state index in [-0.39, 0.29) is 11.7 Å². The van der Waals surface area contributed by atoms with E-state index in [0.717, 1.165) is 41.8 Å². The number of hydrogen-bond acceptors (Lipinski definition) is 3. The third-order valence-electron chi connectivity index (χ3n) is 5.13. The van der Waals surface area contributed by atoms with Crippen LogP contribution in [0.5, 0.6) is 5.75 Å². The monoisotopic (exact) mass is 346 g/mol. The third kappa shape index (κ3) is 3.40. The number of phenols is 1. The summed E-state index contributed by atoms with van der Waals surface area (Å²) in [6.45, 7) is 0.629. The lowest BCUT2D eigenvalue weighted by molar-refractivity contribution is -0.120. The zero-order chi connectivity index (χ0) is 17.9. The first-order chi connectivity index (χ1) is 12.7. The minimum atomic E-state index is 0.0945. The molecule has 1 aromatic heterocycles. The van der Waals surface area contributed by atoms with E-state index in [1.165, 1.54) is 0 Å². The number of carbonyl (C=O) groups is 1. The fourth-order valence-corrected chi connectivity index (χ4v) is 3.78. The number of benzene rings is 2. The van der Waals surface area contributed by atoms with Gasteiger partial charge in [0, 0.05) is 30.1 Å². The largest absolute Gasteiger partial charge is 0.508 e. The Balaban J connectivity index is 1.71. The van der Waals surface area contributed by atoms with Gasteiger partial charge < -0.3 is 9.67 Å². The fraction of sp³-hybridized carbons (Fsp3) is 0.273. The van der Waals surface area contributed by atoms with Crippen LogP contribution in [0.4, 0.5) is 0 Å². The van der Waals surface area contributed by atoms with Crippen molar-refractivity contribution in [1.82, 2.24) is 9.55 Å². The molecule has 0 spiro atoms. The molecule has 1 atom stereocenters. The lowest BCUT2D eigenvalue weighted by Crippen LogP contribution is -2.14. The van der Waals surface area contributed by atoms with Crippen molar-refractivity contribution in [3.63, 3.8) is 0 Å². The summed E-state index contributed by atoms with van der Waals surface area (Å²) in [6.07, 6.45) is 5.23. The molecule has 2 aromatic carbocycles. The molecule has 3 aromatic rings. The summed E-state index contributed by atoms with van der Waals surface area (Å²) in [4.78, 5) is 16.9.